The van der Waals surface area contributed by atoms with Crippen LogP contribution in [0.25, 0.3) is 0 Å². The normalized spacial score (nSPS) is 17.4. The monoisotopic (exact) mass is 183 g/mol. The Balaban J connectivity index is 2.55. The Hall–Kier alpha value is -1.32. The fourth-order valence-electron chi connectivity index (χ4n) is 1.05. The molecule has 2 N–H and O–H groups in total. The van der Waals surface area contributed by atoms with Gasteiger partial charge in [0, 0.05) is 6.08 Å². The molecule has 4 nitrogen and oxygen atoms in total. The Labute approximate surface area is 76.6 Å². The van der Waals surface area contributed by atoms with Crippen LogP contribution in [0.4, 0.5) is 0 Å². The average molecular weight is 183 g/mol. The van der Waals surface area contributed by atoms with E-state index in [-0.39, 0.29) is 5.91 Å². The van der Waals surface area contributed by atoms with E-state index in [1.807, 2.05) is 0 Å². The average Bonchev–Trinajstić information content (AvgIpc) is 2.66. The number of allylic oxidation sites excluding steroid dienone is 1. The van der Waals surface area contributed by atoms with Gasteiger partial charge in [-0.2, -0.15) is 0 Å². The quantitative estimate of drug-likeness (QED) is 0.632. The summed E-state index contributed by atoms with van der Waals surface area (Å²) in [5.74, 6) is -1.26. The number of carbonyl (C=O) groups excluding carboxylic acids is 1. The van der Waals surface area contributed by atoms with Gasteiger partial charge in [-0.1, -0.05) is 5.57 Å². The van der Waals surface area contributed by atoms with Crippen molar-refractivity contribution in [2.24, 2.45) is 0 Å². The van der Waals surface area contributed by atoms with Gasteiger partial charge in [-0.3, -0.25) is 4.79 Å². The zero-order valence-corrected chi connectivity index (χ0v) is 7.76. The minimum atomic E-state index is -0.969. The summed E-state index contributed by atoms with van der Waals surface area (Å²) < 4.78 is 0. The Kier molecular flexibility index (Phi) is 2.40. The third-order valence-corrected chi connectivity index (χ3v) is 1.94. The summed E-state index contributed by atoms with van der Waals surface area (Å²) in [6, 6.07) is 0. The second-order valence-electron chi connectivity index (χ2n) is 3.60. The zero-order valence-electron chi connectivity index (χ0n) is 7.76. The molecular weight excluding hydrogens is 170 g/mol. The van der Waals surface area contributed by atoms with E-state index in [0.717, 1.165) is 5.57 Å². The summed E-state index contributed by atoms with van der Waals surface area (Å²) in [5.41, 5.74) is -0.109. The molecule has 0 aromatic heterocycles. The summed E-state index contributed by atoms with van der Waals surface area (Å²) in [4.78, 5) is 21.8. The van der Waals surface area contributed by atoms with Crippen LogP contribution in [0.1, 0.15) is 26.7 Å². The molecule has 0 saturated heterocycles. The molecule has 0 bridgehead atoms. The molecule has 72 valence electrons. The Morgan fingerprint density at radius 3 is 2.23 bits per heavy atom. The first-order valence-corrected chi connectivity index (χ1v) is 4.17. The minimum Gasteiger partial charge on any atom is -0.480 e. The van der Waals surface area contributed by atoms with E-state index in [4.69, 9.17) is 5.11 Å². The number of carboxylic acid groups (broad SMARTS) is 1. The molecule has 1 aliphatic carbocycles. The van der Waals surface area contributed by atoms with Crippen LogP contribution in [0.5, 0.6) is 0 Å². The summed E-state index contributed by atoms with van der Waals surface area (Å²) in [6.45, 7) is 3.58. The Morgan fingerprint density at radius 2 is 1.92 bits per heavy atom. The molecule has 0 aliphatic heterocycles. The largest absolute Gasteiger partial charge is 0.480 e. The molecule has 13 heavy (non-hydrogen) atoms. The van der Waals surface area contributed by atoms with Crippen molar-refractivity contribution in [3.05, 3.63) is 11.6 Å². The van der Waals surface area contributed by atoms with E-state index in [0.29, 0.717) is 12.8 Å². The van der Waals surface area contributed by atoms with Gasteiger partial charge < -0.3 is 10.4 Å². The van der Waals surface area contributed by atoms with Gasteiger partial charge in [-0.25, -0.2) is 4.79 Å². The lowest BCUT2D eigenvalue weighted by Gasteiger charge is -2.10. The van der Waals surface area contributed by atoms with Crippen LogP contribution in [0.2, 0.25) is 0 Å². The van der Waals surface area contributed by atoms with Crippen molar-refractivity contribution in [3.8, 4) is 0 Å². The molecule has 1 rings (SSSR count). The standard InChI is InChI=1S/C9H13NO3/c1-6(2)5-7(11)10-9(3-4-9)8(12)13/h5H,3-4H2,1-2H3,(H,10,11)(H,12,13). The molecule has 0 spiro atoms. The first kappa shape index (κ1) is 9.77. The fourth-order valence-corrected chi connectivity index (χ4v) is 1.05. The first-order valence-electron chi connectivity index (χ1n) is 4.17. The van der Waals surface area contributed by atoms with Gasteiger partial charge in [0.05, 0.1) is 0 Å². The summed E-state index contributed by atoms with van der Waals surface area (Å²) in [7, 11) is 0. The van der Waals surface area contributed by atoms with Crippen molar-refractivity contribution in [1.82, 2.24) is 5.32 Å². The Morgan fingerprint density at radius 1 is 1.38 bits per heavy atom. The van der Waals surface area contributed by atoms with Crippen molar-refractivity contribution < 1.29 is 14.7 Å². The van der Waals surface area contributed by atoms with Crippen LogP contribution < -0.4 is 5.32 Å². The first-order chi connectivity index (χ1) is 5.96. The lowest BCUT2D eigenvalue weighted by Crippen LogP contribution is -2.42. The third kappa shape index (κ3) is 2.31. The summed E-state index contributed by atoms with van der Waals surface area (Å²) in [5, 5.41) is 11.2. The predicted octanol–water partition coefficient (Wildman–Crippen LogP) is 0.686. The number of nitrogens with one attached hydrogen (secondary N) is 1. The molecule has 0 aromatic carbocycles. The van der Waals surface area contributed by atoms with E-state index in [1.165, 1.54) is 6.08 Å². The molecule has 1 saturated carbocycles. The highest BCUT2D eigenvalue weighted by atomic mass is 16.4. The fraction of sp³-hybridized carbons (Fsp3) is 0.556. The highest BCUT2D eigenvalue weighted by Crippen LogP contribution is 2.35. The number of hydrogen-bond donors (Lipinski definition) is 2. The molecule has 0 heterocycles. The van der Waals surface area contributed by atoms with Crippen LogP contribution >= 0.6 is 0 Å². The molecule has 4 heteroatoms. The lowest BCUT2D eigenvalue weighted by molar-refractivity contribution is -0.142. The second-order valence-corrected chi connectivity index (χ2v) is 3.60. The van der Waals surface area contributed by atoms with Crippen LogP contribution in [0.3, 0.4) is 0 Å². The number of carboxylic acids is 1. The molecule has 0 unspecified atom stereocenters. The lowest BCUT2D eigenvalue weighted by atomic mass is 10.2. The zero-order chi connectivity index (χ0) is 10.1. The Bertz CT molecular complexity index is 273. The van der Waals surface area contributed by atoms with Gasteiger partial charge in [-0.05, 0) is 26.7 Å². The van der Waals surface area contributed by atoms with E-state index < -0.39 is 11.5 Å². The maximum absolute atomic E-state index is 11.2. The van der Waals surface area contributed by atoms with Crippen molar-refractivity contribution in [3.63, 3.8) is 0 Å². The summed E-state index contributed by atoms with van der Waals surface area (Å²) >= 11 is 0. The highest BCUT2D eigenvalue weighted by Gasteiger charge is 2.51. The number of rotatable bonds is 3. The second kappa shape index (κ2) is 3.20. The van der Waals surface area contributed by atoms with Crippen molar-refractivity contribution >= 4 is 11.9 Å². The van der Waals surface area contributed by atoms with Gasteiger partial charge in [0.2, 0.25) is 5.91 Å². The third-order valence-electron chi connectivity index (χ3n) is 1.94. The van der Waals surface area contributed by atoms with Crippen LogP contribution in [0.15, 0.2) is 11.6 Å². The summed E-state index contributed by atoms with van der Waals surface area (Å²) in [6.07, 6.45) is 2.47. The van der Waals surface area contributed by atoms with E-state index in [9.17, 15) is 9.59 Å². The number of hydrogen-bond acceptors (Lipinski definition) is 2. The van der Waals surface area contributed by atoms with Crippen molar-refractivity contribution in [2.45, 2.75) is 32.2 Å². The van der Waals surface area contributed by atoms with Crippen LogP contribution in [-0.2, 0) is 9.59 Å². The minimum absolute atomic E-state index is 0.320. The van der Waals surface area contributed by atoms with Gasteiger partial charge in [0.25, 0.3) is 0 Å². The number of amides is 1. The highest BCUT2D eigenvalue weighted by molar-refractivity contribution is 5.94. The molecule has 1 amide bonds. The van der Waals surface area contributed by atoms with Gasteiger partial charge in [0.1, 0.15) is 5.54 Å². The van der Waals surface area contributed by atoms with E-state index >= 15 is 0 Å². The molecule has 0 aromatic rings. The van der Waals surface area contributed by atoms with Crippen molar-refractivity contribution in [1.29, 1.82) is 0 Å². The van der Waals surface area contributed by atoms with Gasteiger partial charge in [0.15, 0.2) is 0 Å². The van der Waals surface area contributed by atoms with Crippen molar-refractivity contribution in [2.75, 3.05) is 0 Å². The maximum Gasteiger partial charge on any atom is 0.329 e. The topological polar surface area (TPSA) is 66.4 Å². The molecule has 0 atom stereocenters. The van der Waals surface area contributed by atoms with Gasteiger partial charge >= 0.3 is 5.97 Å². The predicted molar refractivity (Wildman–Crippen MR) is 47.2 cm³/mol. The smallest absolute Gasteiger partial charge is 0.329 e. The molecule has 1 aliphatic rings. The SMILES string of the molecule is CC(C)=CC(=O)NC1(C(=O)O)CC1. The molecule has 0 radical (unpaired) electrons. The number of aliphatic carboxylic acids is 1. The van der Waals surface area contributed by atoms with E-state index in [2.05, 4.69) is 5.32 Å². The molecule has 1 fully saturated rings. The number of carbonyl (C=O) groups is 2. The van der Waals surface area contributed by atoms with Gasteiger partial charge in [-0.15, -0.1) is 0 Å². The van der Waals surface area contributed by atoms with Crippen LogP contribution in [-0.4, -0.2) is 22.5 Å². The maximum atomic E-state index is 11.2. The van der Waals surface area contributed by atoms with Crippen LogP contribution in [0, 0.1) is 0 Å². The molecular formula is C9H13NO3. The van der Waals surface area contributed by atoms with E-state index in [1.54, 1.807) is 13.8 Å².